The number of nitrogens with zero attached hydrogens (tertiary/aromatic N) is 2. The minimum atomic E-state index is 0.692. The first-order chi connectivity index (χ1) is 8.11. The quantitative estimate of drug-likeness (QED) is 0.926. The normalized spacial score (nSPS) is 24.5. The Morgan fingerprint density at radius 1 is 1.47 bits per heavy atom. The fraction of sp³-hybridized carbons (Fsp3) is 0.769. The molecular formula is C13H22BrN3. The highest BCUT2D eigenvalue weighted by atomic mass is 79.9. The molecule has 0 bridgehead atoms. The van der Waals surface area contributed by atoms with E-state index in [1.54, 1.807) is 0 Å². The van der Waals surface area contributed by atoms with Gasteiger partial charge in [0.2, 0.25) is 0 Å². The van der Waals surface area contributed by atoms with Crippen LogP contribution in [0.4, 0.5) is 0 Å². The first kappa shape index (κ1) is 13.1. The van der Waals surface area contributed by atoms with Crippen LogP contribution in [0.5, 0.6) is 0 Å². The maximum atomic E-state index is 4.52. The number of rotatable bonds is 4. The summed E-state index contributed by atoms with van der Waals surface area (Å²) in [4.78, 5) is 0. The average Bonchev–Trinajstić information content (AvgIpc) is 2.82. The van der Waals surface area contributed by atoms with Crippen molar-refractivity contribution in [2.24, 2.45) is 13.0 Å². The van der Waals surface area contributed by atoms with Crippen LogP contribution in [-0.4, -0.2) is 15.8 Å². The smallest absolute Gasteiger partial charge is 0.0767 e. The first-order valence-corrected chi connectivity index (χ1v) is 7.34. The Hall–Kier alpha value is -0.350. The summed E-state index contributed by atoms with van der Waals surface area (Å²) < 4.78 is 3.18. The van der Waals surface area contributed by atoms with Crippen LogP contribution in [0.15, 0.2) is 4.47 Å². The van der Waals surface area contributed by atoms with E-state index in [2.05, 4.69) is 40.2 Å². The summed E-state index contributed by atoms with van der Waals surface area (Å²) in [5.74, 6) is 0.883. The summed E-state index contributed by atoms with van der Waals surface area (Å²) in [6.07, 6.45) is 4.98. The number of hydrogen-bond donors (Lipinski definition) is 1. The van der Waals surface area contributed by atoms with E-state index >= 15 is 0 Å². The fourth-order valence-electron chi connectivity index (χ4n) is 2.65. The van der Waals surface area contributed by atoms with Crippen molar-refractivity contribution in [2.45, 2.75) is 52.1 Å². The molecule has 0 amide bonds. The van der Waals surface area contributed by atoms with E-state index in [4.69, 9.17) is 0 Å². The molecule has 0 radical (unpaired) electrons. The Kier molecular flexibility index (Phi) is 4.26. The van der Waals surface area contributed by atoms with Gasteiger partial charge in [0.05, 0.1) is 15.9 Å². The number of aromatic nitrogens is 2. The molecule has 17 heavy (non-hydrogen) atoms. The second-order valence-electron chi connectivity index (χ2n) is 5.18. The minimum absolute atomic E-state index is 0.692. The monoisotopic (exact) mass is 299 g/mol. The lowest BCUT2D eigenvalue weighted by Crippen LogP contribution is -2.27. The van der Waals surface area contributed by atoms with Gasteiger partial charge in [-0.3, -0.25) is 4.68 Å². The van der Waals surface area contributed by atoms with Crippen molar-refractivity contribution in [3.63, 3.8) is 0 Å². The highest BCUT2D eigenvalue weighted by Gasteiger charge is 2.21. The Morgan fingerprint density at radius 2 is 2.24 bits per heavy atom. The zero-order valence-electron chi connectivity index (χ0n) is 11.0. The number of hydrogen-bond acceptors (Lipinski definition) is 2. The fourth-order valence-corrected chi connectivity index (χ4v) is 3.40. The third-order valence-corrected chi connectivity index (χ3v) is 4.67. The molecule has 0 aromatic carbocycles. The lowest BCUT2D eigenvalue weighted by atomic mass is 10.1. The van der Waals surface area contributed by atoms with Gasteiger partial charge in [-0.05, 0) is 47.5 Å². The molecule has 0 spiro atoms. The SMILES string of the molecule is CCc1nn(C)c(CNC2CCC(C)C2)c1Br. The Morgan fingerprint density at radius 3 is 2.76 bits per heavy atom. The van der Waals surface area contributed by atoms with Gasteiger partial charge in [-0.15, -0.1) is 0 Å². The van der Waals surface area contributed by atoms with Crippen LogP contribution >= 0.6 is 15.9 Å². The van der Waals surface area contributed by atoms with E-state index < -0.39 is 0 Å². The van der Waals surface area contributed by atoms with Gasteiger partial charge in [0, 0.05) is 19.6 Å². The predicted molar refractivity (Wildman–Crippen MR) is 73.9 cm³/mol. The third kappa shape index (κ3) is 2.91. The molecule has 3 nitrogen and oxygen atoms in total. The van der Waals surface area contributed by atoms with Crippen molar-refractivity contribution in [3.05, 3.63) is 15.9 Å². The van der Waals surface area contributed by atoms with E-state index in [9.17, 15) is 0 Å². The summed E-state index contributed by atoms with van der Waals surface area (Å²) in [6, 6.07) is 0.692. The average molecular weight is 300 g/mol. The third-order valence-electron chi connectivity index (χ3n) is 3.76. The van der Waals surface area contributed by atoms with Crippen molar-refractivity contribution in [2.75, 3.05) is 0 Å². The second kappa shape index (κ2) is 5.53. The molecule has 4 heteroatoms. The number of halogens is 1. The molecule has 1 aromatic heterocycles. The van der Waals surface area contributed by atoms with Gasteiger partial charge < -0.3 is 5.32 Å². The van der Waals surface area contributed by atoms with Crippen LogP contribution < -0.4 is 5.32 Å². The zero-order valence-corrected chi connectivity index (χ0v) is 12.5. The second-order valence-corrected chi connectivity index (χ2v) is 5.97. The zero-order chi connectivity index (χ0) is 12.4. The molecule has 1 saturated carbocycles. The topological polar surface area (TPSA) is 29.9 Å². The molecule has 0 saturated heterocycles. The Labute approximate surface area is 112 Å². The number of aryl methyl sites for hydroxylation is 2. The van der Waals surface area contributed by atoms with E-state index in [1.165, 1.54) is 29.4 Å². The summed E-state index contributed by atoms with van der Waals surface area (Å²) in [5, 5.41) is 8.18. The molecule has 1 aromatic rings. The highest BCUT2D eigenvalue weighted by molar-refractivity contribution is 9.10. The molecule has 1 fully saturated rings. The lowest BCUT2D eigenvalue weighted by Gasteiger charge is -2.12. The standard InChI is InChI=1S/C13H22BrN3/c1-4-11-13(14)12(17(3)16-11)8-15-10-6-5-9(2)7-10/h9-10,15H,4-8H2,1-3H3. The molecule has 1 N–H and O–H groups in total. The van der Waals surface area contributed by atoms with Gasteiger partial charge in [-0.1, -0.05) is 13.8 Å². The van der Waals surface area contributed by atoms with Gasteiger partial charge in [-0.25, -0.2) is 0 Å². The van der Waals surface area contributed by atoms with Crippen LogP contribution in [0.25, 0.3) is 0 Å². The van der Waals surface area contributed by atoms with Crippen LogP contribution in [0.1, 0.15) is 44.5 Å². The molecule has 0 aliphatic heterocycles. The van der Waals surface area contributed by atoms with E-state index in [0.717, 1.165) is 24.6 Å². The Bertz CT molecular complexity index is 386. The van der Waals surface area contributed by atoms with Crippen LogP contribution in [0.2, 0.25) is 0 Å². The molecule has 2 unspecified atom stereocenters. The van der Waals surface area contributed by atoms with Crippen LogP contribution in [-0.2, 0) is 20.0 Å². The molecule has 1 heterocycles. The molecule has 96 valence electrons. The van der Waals surface area contributed by atoms with Crippen molar-refractivity contribution in [1.82, 2.24) is 15.1 Å². The summed E-state index contributed by atoms with van der Waals surface area (Å²) in [6.45, 7) is 5.40. The molecule has 1 aliphatic carbocycles. The summed E-state index contributed by atoms with van der Waals surface area (Å²) in [5.41, 5.74) is 2.42. The minimum Gasteiger partial charge on any atom is -0.308 e. The van der Waals surface area contributed by atoms with Gasteiger partial charge in [0.1, 0.15) is 0 Å². The van der Waals surface area contributed by atoms with Crippen molar-refractivity contribution in [1.29, 1.82) is 0 Å². The van der Waals surface area contributed by atoms with Crippen molar-refractivity contribution < 1.29 is 0 Å². The predicted octanol–water partition coefficient (Wildman–Crippen LogP) is 3.02. The number of nitrogens with one attached hydrogen (secondary N) is 1. The lowest BCUT2D eigenvalue weighted by molar-refractivity contribution is 0.489. The largest absolute Gasteiger partial charge is 0.308 e. The molecular weight excluding hydrogens is 278 g/mol. The van der Waals surface area contributed by atoms with Gasteiger partial charge in [0.15, 0.2) is 0 Å². The van der Waals surface area contributed by atoms with Crippen LogP contribution in [0.3, 0.4) is 0 Å². The highest BCUT2D eigenvalue weighted by Crippen LogP contribution is 2.26. The molecule has 2 atom stereocenters. The van der Waals surface area contributed by atoms with Gasteiger partial charge in [-0.2, -0.15) is 5.10 Å². The van der Waals surface area contributed by atoms with E-state index in [1.807, 2.05) is 11.7 Å². The van der Waals surface area contributed by atoms with Crippen LogP contribution in [0, 0.1) is 5.92 Å². The van der Waals surface area contributed by atoms with Gasteiger partial charge >= 0.3 is 0 Å². The van der Waals surface area contributed by atoms with E-state index in [-0.39, 0.29) is 0 Å². The van der Waals surface area contributed by atoms with E-state index in [0.29, 0.717) is 6.04 Å². The first-order valence-electron chi connectivity index (χ1n) is 6.55. The Balaban J connectivity index is 1.97. The van der Waals surface area contributed by atoms with Crippen molar-refractivity contribution >= 4 is 15.9 Å². The molecule has 2 rings (SSSR count). The molecule has 1 aliphatic rings. The van der Waals surface area contributed by atoms with Crippen molar-refractivity contribution in [3.8, 4) is 0 Å². The summed E-state index contributed by atoms with van der Waals surface area (Å²) >= 11 is 3.66. The maximum absolute atomic E-state index is 4.52. The summed E-state index contributed by atoms with van der Waals surface area (Å²) in [7, 11) is 2.03. The maximum Gasteiger partial charge on any atom is 0.0767 e. The van der Waals surface area contributed by atoms with Gasteiger partial charge in [0.25, 0.3) is 0 Å².